The Bertz CT molecular complexity index is 842. The number of hydrogen-bond acceptors (Lipinski definition) is 6. The van der Waals surface area contributed by atoms with Crippen molar-refractivity contribution in [1.29, 1.82) is 0 Å². The molecule has 8 nitrogen and oxygen atoms in total. The van der Waals surface area contributed by atoms with E-state index in [1.54, 1.807) is 29.4 Å². The molecule has 2 aliphatic heterocycles. The van der Waals surface area contributed by atoms with E-state index in [2.05, 4.69) is 9.97 Å². The number of rotatable bonds is 3. The van der Waals surface area contributed by atoms with Crippen LogP contribution in [0.2, 0.25) is 0 Å². The zero-order valence-electron chi connectivity index (χ0n) is 14.2. The topological polar surface area (TPSA) is 92.5 Å². The summed E-state index contributed by atoms with van der Waals surface area (Å²) in [5.74, 6) is 0.519. The molecule has 1 unspecified atom stereocenters. The number of piperidine rings is 1. The summed E-state index contributed by atoms with van der Waals surface area (Å²) in [6.45, 7) is 1.98. The normalized spacial score (nSPS) is 19.3. The molecule has 2 aliphatic rings. The molecular weight excluding hydrogens is 334 g/mol. The van der Waals surface area contributed by atoms with Gasteiger partial charge in [-0.25, -0.2) is 9.97 Å². The van der Waals surface area contributed by atoms with E-state index in [-0.39, 0.29) is 17.5 Å². The van der Waals surface area contributed by atoms with Crippen LogP contribution in [0.25, 0.3) is 0 Å². The minimum absolute atomic E-state index is 0.0198. The lowest BCUT2D eigenvalue weighted by molar-refractivity contribution is -0.384. The number of anilines is 2. The van der Waals surface area contributed by atoms with E-state index in [1.165, 1.54) is 12.1 Å². The van der Waals surface area contributed by atoms with Crippen LogP contribution < -0.4 is 9.80 Å². The molecule has 0 radical (unpaired) electrons. The van der Waals surface area contributed by atoms with Crippen LogP contribution in [-0.2, 0) is 11.2 Å². The van der Waals surface area contributed by atoms with Crippen molar-refractivity contribution in [3.8, 4) is 0 Å². The monoisotopic (exact) mass is 353 g/mol. The number of nitro groups is 1. The first kappa shape index (κ1) is 16.4. The van der Waals surface area contributed by atoms with Gasteiger partial charge in [0, 0.05) is 44.2 Å². The molecule has 1 aromatic heterocycles. The first-order valence-electron chi connectivity index (χ1n) is 8.74. The van der Waals surface area contributed by atoms with Crippen LogP contribution in [0.3, 0.4) is 0 Å². The minimum atomic E-state index is -0.420. The first-order chi connectivity index (χ1) is 12.6. The van der Waals surface area contributed by atoms with Crippen LogP contribution in [0.4, 0.5) is 17.3 Å². The van der Waals surface area contributed by atoms with Crippen molar-refractivity contribution in [3.63, 3.8) is 0 Å². The number of fused-ring (bicyclic) bond motifs is 1. The molecule has 2 aromatic rings. The summed E-state index contributed by atoms with van der Waals surface area (Å²) in [4.78, 5) is 36.0. The van der Waals surface area contributed by atoms with Crippen LogP contribution >= 0.6 is 0 Å². The molecule has 0 aliphatic carbocycles. The zero-order valence-corrected chi connectivity index (χ0v) is 14.2. The lowest BCUT2D eigenvalue weighted by Gasteiger charge is -2.34. The van der Waals surface area contributed by atoms with Crippen molar-refractivity contribution >= 4 is 23.2 Å². The van der Waals surface area contributed by atoms with Crippen LogP contribution in [0.5, 0.6) is 0 Å². The molecule has 3 heterocycles. The predicted octanol–water partition coefficient (Wildman–Crippen LogP) is 2.19. The van der Waals surface area contributed by atoms with E-state index < -0.39 is 4.92 Å². The lowest BCUT2D eigenvalue weighted by atomic mass is 9.96. The molecule has 26 heavy (non-hydrogen) atoms. The number of aromatic nitrogens is 2. The van der Waals surface area contributed by atoms with E-state index >= 15 is 0 Å². The van der Waals surface area contributed by atoms with Gasteiger partial charge in [-0.05, 0) is 30.9 Å². The Hall–Kier alpha value is -3.03. The van der Waals surface area contributed by atoms with Crippen molar-refractivity contribution in [2.75, 3.05) is 29.4 Å². The van der Waals surface area contributed by atoms with E-state index in [0.717, 1.165) is 31.4 Å². The molecule has 0 spiro atoms. The average Bonchev–Trinajstić information content (AvgIpc) is 3.11. The third-order valence-corrected chi connectivity index (χ3v) is 5.05. The van der Waals surface area contributed by atoms with Crippen LogP contribution in [0.1, 0.15) is 18.4 Å². The Kier molecular flexibility index (Phi) is 4.24. The molecule has 8 heteroatoms. The van der Waals surface area contributed by atoms with Crippen molar-refractivity contribution in [2.45, 2.75) is 19.3 Å². The Labute approximate surface area is 150 Å². The number of non-ortho nitro benzene ring substituents is 1. The summed E-state index contributed by atoms with van der Waals surface area (Å²) >= 11 is 0. The second kappa shape index (κ2) is 6.70. The highest BCUT2D eigenvalue weighted by Gasteiger charge is 2.34. The predicted molar refractivity (Wildman–Crippen MR) is 96.1 cm³/mol. The standard InChI is InChI=1S/C18H19N5O3/c24-17(14-3-1-9-21(12-14)18-19-7-2-8-20-18)22-10-6-13-4-5-15(23(25)26)11-16(13)22/h2,4-5,7-8,11,14H,1,3,6,9-10,12H2. The third kappa shape index (κ3) is 2.98. The van der Waals surface area contributed by atoms with Crippen molar-refractivity contribution in [1.82, 2.24) is 9.97 Å². The molecule has 0 saturated carbocycles. The summed E-state index contributed by atoms with van der Waals surface area (Å²) in [6.07, 6.45) is 5.83. The molecule has 1 aromatic carbocycles. The summed E-state index contributed by atoms with van der Waals surface area (Å²) in [6, 6.07) is 6.54. The van der Waals surface area contributed by atoms with Crippen molar-refractivity contribution < 1.29 is 9.72 Å². The lowest BCUT2D eigenvalue weighted by Crippen LogP contribution is -2.45. The van der Waals surface area contributed by atoms with Crippen molar-refractivity contribution in [2.24, 2.45) is 5.92 Å². The average molecular weight is 353 g/mol. The van der Waals surface area contributed by atoms with E-state index in [1.807, 2.05) is 4.90 Å². The van der Waals surface area contributed by atoms with Gasteiger partial charge in [-0.1, -0.05) is 6.07 Å². The number of nitro benzene ring substituents is 1. The van der Waals surface area contributed by atoms with Gasteiger partial charge in [0.1, 0.15) is 0 Å². The molecule has 4 rings (SSSR count). The van der Waals surface area contributed by atoms with Crippen LogP contribution in [0.15, 0.2) is 36.7 Å². The molecule has 0 bridgehead atoms. The van der Waals surface area contributed by atoms with Crippen molar-refractivity contribution in [3.05, 3.63) is 52.3 Å². The van der Waals surface area contributed by atoms with E-state index in [0.29, 0.717) is 24.7 Å². The molecule has 1 amide bonds. The largest absolute Gasteiger partial charge is 0.340 e. The Morgan fingerprint density at radius 1 is 1.23 bits per heavy atom. The highest BCUT2D eigenvalue weighted by molar-refractivity contribution is 5.97. The second-order valence-electron chi connectivity index (χ2n) is 6.64. The fourth-order valence-corrected chi connectivity index (χ4v) is 3.75. The van der Waals surface area contributed by atoms with Gasteiger partial charge in [-0.15, -0.1) is 0 Å². The number of amides is 1. The highest BCUT2D eigenvalue weighted by Crippen LogP contribution is 2.34. The van der Waals surface area contributed by atoms with Crippen LogP contribution in [0, 0.1) is 16.0 Å². The zero-order chi connectivity index (χ0) is 18.1. The molecular formula is C18H19N5O3. The Morgan fingerprint density at radius 3 is 2.81 bits per heavy atom. The third-order valence-electron chi connectivity index (χ3n) is 5.05. The quantitative estimate of drug-likeness (QED) is 0.620. The van der Waals surface area contributed by atoms with Gasteiger partial charge in [-0.2, -0.15) is 0 Å². The fourth-order valence-electron chi connectivity index (χ4n) is 3.75. The maximum absolute atomic E-state index is 13.1. The number of carbonyl (C=O) groups excluding carboxylic acids is 1. The van der Waals surface area contributed by atoms with Gasteiger partial charge >= 0.3 is 0 Å². The van der Waals surface area contributed by atoms with Gasteiger partial charge in [0.25, 0.3) is 5.69 Å². The van der Waals surface area contributed by atoms with E-state index in [9.17, 15) is 14.9 Å². The number of benzene rings is 1. The Morgan fingerprint density at radius 2 is 2.04 bits per heavy atom. The van der Waals surface area contributed by atoms with Gasteiger partial charge in [-0.3, -0.25) is 14.9 Å². The second-order valence-corrected chi connectivity index (χ2v) is 6.64. The molecule has 1 saturated heterocycles. The summed E-state index contributed by atoms with van der Waals surface area (Å²) in [5, 5.41) is 11.1. The Balaban J connectivity index is 1.54. The summed E-state index contributed by atoms with van der Waals surface area (Å²) in [5.41, 5.74) is 1.69. The van der Waals surface area contributed by atoms with Gasteiger partial charge in [0.2, 0.25) is 11.9 Å². The van der Waals surface area contributed by atoms with Gasteiger partial charge in [0.05, 0.1) is 16.5 Å². The van der Waals surface area contributed by atoms with E-state index in [4.69, 9.17) is 0 Å². The maximum Gasteiger partial charge on any atom is 0.271 e. The highest BCUT2D eigenvalue weighted by atomic mass is 16.6. The minimum Gasteiger partial charge on any atom is -0.340 e. The molecule has 134 valence electrons. The van der Waals surface area contributed by atoms with Gasteiger partial charge < -0.3 is 9.80 Å². The molecule has 0 N–H and O–H groups in total. The van der Waals surface area contributed by atoms with Gasteiger partial charge in [0.15, 0.2) is 0 Å². The maximum atomic E-state index is 13.1. The fraction of sp³-hybridized carbons (Fsp3) is 0.389. The summed E-state index contributed by atoms with van der Waals surface area (Å²) in [7, 11) is 0. The smallest absolute Gasteiger partial charge is 0.271 e. The molecule has 1 fully saturated rings. The summed E-state index contributed by atoms with van der Waals surface area (Å²) < 4.78 is 0. The number of carbonyl (C=O) groups is 1. The van der Waals surface area contributed by atoms with Crippen LogP contribution in [-0.4, -0.2) is 40.4 Å². The number of hydrogen-bond donors (Lipinski definition) is 0. The number of nitrogens with zero attached hydrogens (tertiary/aromatic N) is 5. The SMILES string of the molecule is O=C(C1CCCN(c2ncccn2)C1)N1CCc2ccc([N+](=O)[O-])cc21. The molecule has 1 atom stereocenters. The first-order valence-corrected chi connectivity index (χ1v) is 8.74.